The molecule has 8 nitrogen and oxygen atoms in total. The van der Waals surface area contributed by atoms with E-state index in [-0.39, 0.29) is 29.9 Å². The molecule has 1 atom stereocenters. The van der Waals surface area contributed by atoms with Crippen molar-refractivity contribution in [2.24, 2.45) is 0 Å². The smallest absolute Gasteiger partial charge is 0.240 e. The van der Waals surface area contributed by atoms with E-state index in [9.17, 15) is 13.2 Å². The van der Waals surface area contributed by atoms with Crippen LogP contribution in [-0.2, 0) is 19.6 Å². The minimum absolute atomic E-state index is 0.00412. The maximum Gasteiger partial charge on any atom is 0.240 e. The van der Waals surface area contributed by atoms with Crippen molar-refractivity contribution < 1.29 is 27.4 Å². The van der Waals surface area contributed by atoms with Crippen molar-refractivity contribution in [3.63, 3.8) is 0 Å². The van der Waals surface area contributed by atoms with Gasteiger partial charge in [0.1, 0.15) is 0 Å². The number of fused-ring (bicyclic) bond motifs is 1. The second-order valence-corrected chi connectivity index (χ2v) is 9.20. The Balaban J connectivity index is 1.34. The van der Waals surface area contributed by atoms with Crippen molar-refractivity contribution in [3.8, 4) is 11.5 Å². The Hall–Kier alpha value is -2.62. The van der Waals surface area contributed by atoms with Crippen LogP contribution >= 0.6 is 0 Å². The molecule has 0 aliphatic carbocycles. The first-order chi connectivity index (χ1) is 15.5. The summed E-state index contributed by atoms with van der Waals surface area (Å²) in [5.74, 6) is 0.720. The molecule has 9 heteroatoms. The number of hydrogen-bond donors (Lipinski definition) is 2. The highest BCUT2D eigenvalue weighted by molar-refractivity contribution is 7.89. The average molecular weight is 463 g/mol. The number of carbonyl (C=O) groups excluding carboxylic acids is 1. The standard InChI is InChI=1S/C23H30N2O6S/c1-18(19-7-3-2-4-8-19)29-14-5-12-24-23(26)11-13-25-32(27,28)20-9-10-21-22(17-20)31-16-6-15-30-21/h2-4,7-10,17-18,25H,5-6,11-16H2,1H3,(H,24,26). The Morgan fingerprint density at radius 1 is 1.06 bits per heavy atom. The number of benzene rings is 2. The second kappa shape index (κ2) is 11.8. The van der Waals surface area contributed by atoms with Crippen LogP contribution in [0.5, 0.6) is 11.5 Å². The summed E-state index contributed by atoms with van der Waals surface area (Å²) in [6, 6.07) is 14.4. The molecule has 3 rings (SSSR count). The van der Waals surface area contributed by atoms with Gasteiger partial charge >= 0.3 is 0 Å². The molecule has 0 spiro atoms. The molecule has 32 heavy (non-hydrogen) atoms. The van der Waals surface area contributed by atoms with Crippen LogP contribution in [0.25, 0.3) is 0 Å². The lowest BCUT2D eigenvalue weighted by Crippen LogP contribution is -2.31. The predicted octanol–water partition coefficient (Wildman–Crippen LogP) is 2.80. The first-order valence-corrected chi connectivity index (χ1v) is 12.3. The molecule has 1 aliphatic rings. The molecule has 1 heterocycles. The van der Waals surface area contributed by atoms with E-state index in [0.29, 0.717) is 44.3 Å². The summed E-state index contributed by atoms with van der Waals surface area (Å²) in [5.41, 5.74) is 1.11. The molecule has 2 aromatic carbocycles. The lowest BCUT2D eigenvalue weighted by atomic mass is 10.1. The van der Waals surface area contributed by atoms with Crippen molar-refractivity contribution in [2.45, 2.75) is 37.2 Å². The van der Waals surface area contributed by atoms with Gasteiger partial charge in [0.05, 0.1) is 24.2 Å². The monoisotopic (exact) mass is 462 g/mol. The largest absolute Gasteiger partial charge is 0.490 e. The summed E-state index contributed by atoms with van der Waals surface area (Å²) in [4.78, 5) is 12.1. The van der Waals surface area contributed by atoms with E-state index in [2.05, 4.69) is 10.0 Å². The minimum atomic E-state index is -3.75. The van der Waals surface area contributed by atoms with Crippen molar-refractivity contribution >= 4 is 15.9 Å². The second-order valence-electron chi connectivity index (χ2n) is 7.43. The summed E-state index contributed by atoms with van der Waals surface area (Å²) in [6.07, 6.45) is 1.45. The highest BCUT2D eigenvalue weighted by Gasteiger charge is 2.19. The third-order valence-corrected chi connectivity index (χ3v) is 6.41. The normalized spacial score (nSPS) is 14.4. The molecule has 2 aromatic rings. The molecule has 0 fully saturated rings. The Kier molecular flexibility index (Phi) is 8.90. The quantitative estimate of drug-likeness (QED) is 0.498. The number of nitrogens with one attached hydrogen (secondary N) is 2. The zero-order valence-electron chi connectivity index (χ0n) is 18.2. The van der Waals surface area contributed by atoms with Crippen LogP contribution in [0.2, 0.25) is 0 Å². The van der Waals surface area contributed by atoms with Gasteiger partial charge in [0.25, 0.3) is 0 Å². The summed E-state index contributed by atoms with van der Waals surface area (Å²) in [7, 11) is -3.75. The highest BCUT2D eigenvalue weighted by Crippen LogP contribution is 2.31. The minimum Gasteiger partial charge on any atom is -0.490 e. The predicted molar refractivity (Wildman–Crippen MR) is 120 cm³/mol. The first kappa shape index (κ1) is 24.0. The van der Waals surface area contributed by atoms with E-state index in [1.807, 2.05) is 37.3 Å². The zero-order chi connectivity index (χ0) is 22.8. The Morgan fingerprint density at radius 2 is 1.81 bits per heavy atom. The fourth-order valence-electron chi connectivity index (χ4n) is 3.16. The van der Waals surface area contributed by atoms with Crippen LogP contribution in [0.1, 0.15) is 37.9 Å². The third-order valence-electron chi connectivity index (χ3n) is 4.95. The fourth-order valence-corrected chi connectivity index (χ4v) is 4.21. The lowest BCUT2D eigenvalue weighted by Gasteiger charge is -2.13. The van der Waals surface area contributed by atoms with Crippen LogP contribution in [0.4, 0.5) is 0 Å². The lowest BCUT2D eigenvalue weighted by molar-refractivity contribution is -0.120. The Labute approximate surface area is 189 Å². The van der Waals surface area contributed by atoms with E-state index in [0.717, 1.165) is 12.0 Å². The van der Waals surface area contributed by atoms with E-state index >= 15 is 0 Å². The Morgan fingerprint density at radius 3 is 2.59 bits per heavy atom. The number of amides is 1. The van der Waals surface area contributed by atoms with Crippen LogP contribution < -0.4 is 19.5 Å². The Bertz CT molecular complexity index is 981. The zero-order valence-corrected chi connectivity index (χ0v) is 19.0. The summed E-state index contributed by atoms with van der Waals surface area (Å²) in [5, 5.41) is 2.78. The molecule has 0 aromatic heterocycles. The average Bonchev–Trinajstić information content (AvgIpc) is 3.04. The van der Waals surface area contributed by atoms with E-state index in [1.54, 1.807) is 6.07 Å². The number of ether oxygens (including phenoxy) is 3. The van der Waals surface area contributed by atoms with E-state index < -0.39 is 10.0 Å². The van der Waals surface area contributed by atoms with Gasteiger partial charge in [-0.1, -0.05) is 30.3 Å². The molecule has 0 bridgehead atoms. The van der Waals surface area contributed by atoms with Crippen molar-refractivity contribution in [1.82, 2.24) is 10.0 Å². The van der Waals surface area contributed by atoms with Crippen LogP contribution in [0.3, 0.4) is 0 Å². The molecule has 1 amide bonds. The van der Waals surface area contributed by atoms with Gasteiger partial charge in [-0.2, -0.15) is 0 Å². The van der Waals surface area contributed by atoms with Gasteiger partial charge in [0.2, 0.25) is 15.9 Å². The molecule has 0 saturated heterocycles. The van der Waals surface area contributed by atoms with E-state index in [4.69, 9.17) is 14.2 Å². The van der Waals surface area contributed by atoms with Gasteiger partial charge in [-0.15, -0.1) is 0 Å². The number of rotatable bonds is 11. The summed E-state index contributed by atoms with van der Waals surface area (Å²) < 4.78 is 44.3. The van der Waals surface area contributed by atoms with Gasteiger partial charge in [0.15, 0.2) is 11.5 Å². The van der Waals surface area contributed by atoms with Crippen LogP contribution in [0.15, 0.2) is 53.4 Å². The van der Waals surface area contributed by atoms with Gasteiger partial charge < -0.3 is 19.5 Å². The number of sulfonamides is 1. The topological polar surface area (TPSA) is 103 Å². The van der Waals surface area contributed by atoms with Crippen LogP contribution in [0, 0.1) is 0 Å². The molecule has 0 radical (unpaired) electrons. The molecule has 1 aliphatic heterocycles. The number of hydrogen-bond acceptors (Lipinski definition) is 6. The molecular weight excluding hydrogens is 432 g/mol. The van der Waals surface area contributed by atoms with Crippen LogP contribution in [-0.4, -0.2) is 47.2 Å². The van der Waals surface area contributed by atoms with Gasteiger partial charge in [-0.05, 0) is 31.0 Å². The molecular formula is C23H30N2O6S. The molecule has 1 unspecified atom stereocenters. The fraction of sp³-hybridized carbons (Fsp3) is 0.435. The summed E-state index contributed by atoms with van der Waals surface area (Å²) in [6.45, 7) is 3.99. The van der Waals surface area contributed by atoms with Gasteiger partial charge in [0, 0.05) is 38.6 Å². The van der Waals surface area contributed by atoms with Gasteiger partial charge in [-0.3, -0.25) is 4.79 Å². The molecule has 174 valence electrons. The SMILES string of the molecule is CC(OCCCNC(=O)CCNS(=O)(=O)c1ccc2c(c1)OCCCO2)c1ccccc1. The highest BCUT2D eigenvalue weighted by atomic mass is 32.2. The van der Waals surface area contributed by atoms with Gasteiger partial charge in [-0.25, -0.2) is 13.1 Å². The van der Waals surface area contributed by atoms with E-state index in [1.165, 1.54) is 12.1 Å². The molecule has 2 N–H and O–H groups in total. The van der Waals surface area contributed by atoms with Crippen molar-refractivity contribution in [1.29, 1.82) is 0 Å². The number of carbonyl (C=O) groups is 1. The van der Waals surface area contributed by atoms with Crippen molar-refractivity contribution in [2.75, 3.05) is 32.9 Å². The third kappa shape index (κ3) is 7.22. The maximum absolute atomic E-state index is 12.5. The van der Waals surface area contributed by atoms with Crippen molar-refractivity contribution in [3.05, 3.63) is 54.1 Å². The first-order valence-electron chi connectivity index (χ1n) is 10.8. The molecule has 0 saturated carbocycles. The summed E-state index contributed by atoms with van der Waals surface area (Å²) >= 11 is 0. The maximum atomic E-state index is 12.5.